The maximum atomic E-state index is 13.3. The van der Waals surface area contributed by atoms with Gasteiger partial charge in [-0.1, -0.05) is 26.8 Å². The average Bonchev–Trinajstić information content (AvgIpc) is 2.41. The lowest BCUT2D eigenvalue weighted by Crippen LogP contribution is -2.14. The van der Waals surface area contributed by atoms with Crippen molar-refractivity contribution in [2.24, 2.45) is 0 Å². The molecule has 112 valence electrons. The first-order valence-electron chi connectivity index (χ1n) is 6.86. The fraction of sp³-hybridized carbons (Fsp3) is 0.353. The number of ether oxygens (including phenoxy) is 1. The Balaban J connectivity index is 2.42. The van der Waals surface area contributed by atoms with Gasteiger partial charge in [0, 0.05) is 17.5 Å². The molecule has 3 nitrogen and oxygen atoms in total. The number of hydrogen-bond acceptors (Lipinski definition) is 3. The molecule has 0 saturated carbocycles. The van der Waals surface area contributed by atoms with Gasteiger partial charge in [-0.25, -0.2) is 9.37 Å². The highest BCUT2D eigenvalue weighted by atomic mass is 19.1. The zero-order valence-electron chi connectivity index (χ0n) is 12.8. The fourth-order valence-electron chi connectivity index (χ4n) is 1.88. The normalized spacial score (nSPS) is 11.5. The first kappa shape index (κ1) is 15.4. The number of halogens is 1. The summed E-state index contributed by atoms with van der Waals surface area (Å²) < 4.78 is 19.0. The zero-order chi connectivity index (χ0) is 15.6. The summed E-state index contributed by atoms with van der Waals surface area (Å²) in [5, 5.41) is 9.37. The lowest BCUT2D eigenvalue weighted by atomic mass is 9.91. The van der Waals surface area contributed by atoms with Crippen LogP contribution >= 0.6 is 0 Å². The Morgan fingerprint density at radius 3 is 2.52 bits per heavy atom. The molecule has 1 aromatic carbocycles. The maximum absolute atomic E-state index is 13.3. The maximum Gasteiger partial charge on any atom is 0.219 e. The highest BCUT2D eigenvalue weighted by Crippen LogP contribution is 2.28. The van der Waals surface area contributed by atoms with Crippen LogP contribution in [0.5, 0.6) is 11.6 Å². The summed E-state index contributed by atoms with van der Waals surface area (Å²) in [7, 11) is 0. The van der Waals surface area contributed by atoms with Crippen LogP contribution in [0.25, 0.3) is 0 Å². The van der Waals surface area contributed by atoms with Gasteiger partial charge in [0.1, 0.15) is 11.6 Å². The molecule has 0 aliphatic rings. The van der Waals surface area contributed by atoms with E-state index in [1.165, 1.54) is 12.1 Å². The quantitative estimate of drug-likeness (QED) is 0.924. The summed E-state index contributed by atoms with van der Waals surface area (Å²) in [6.07, 6.45) is 0. The smallest absolute Gasteiger partial charge is 0.219 e. The molecule has 1 aromatic heterocycles. The minimum Gasteiger partial charge on any atom is -0.439 e. The van der Waals surface area contributed by atoms with Crippen LogP contribution in [-0.2, 0) is 12.0 Å². The molecule has 0 radical (unpaired) electrons. The van der Waals surface area contributed by atoms with Crippen LogP contribution < -0.4 is 4.74 Å². The number of nitrogens with zero attached hydrogens (tertiary/aromatic N) is 1. The van der Waals surface area contributed by atoms with Gasteiger partial charge in [0.2, 0.25) is 5.88 Å². The number of aromatic nitrogens is 1. The van der Waals surface area contributed by atoms with Crippen molar-refractivity contribution in [2.45, 2.75) is 39.7 Å². The SMILES string of the molecule is Cc1ccc(F)cc1Oc1cc(CO)cc(C(C)(C)C)n1. The van der Waals surface area contributed by atoms with Crippen molar-refractivity contribution < 1.29 is 14.2 Å². The van der Waals surface area contributed by atoms with Crippen molar-refractivity contribution in [3.05, 3.63) is 53.0 Å². The van der Waals surface area contributed by atoms with Gasteiger partial charge in [-0.2, -0.15) is 0 Å². The van der Waals surface area contributed by atoms with Crippen molar-refractivity contribution in [3.63, 3.8) is 0 Å². The number of pyridine rings is 1. The standard InChI is InChI=1S/C17H20FNO2/c1-11-5-6-13(18)9-14(11)21-16-8-12(10-20)7-15(19-16)17(2,3)4/h5-9,20H,10H2,1-4H3. The lowest BCUT2D eigenvalue weighted by Gasteiger charge is -2.20. The number of benzene rings is 1. The largest absolute Gasteiger partial charge is 0.439 e. The molecule has 0 atom stereocenters. The van der Waals surface area contributed by atoms with Crippen LogP contribution in [0, 0.1) is 12.7 Å². The third-order valence-corrected chi connectivity index (χ3v) is 3.18. The molecule has 1 N–H and O–H groups in total. The van der Waals surface area contributed by atoms with Gasteiger partial charge in [-0.3, -0.25) is 0 Å². The lowest BCUT2D eigenvalue weighted by molar-refractivity contribution is 0.280. The molecule has 0 bridgehead atoms. The summed E-state index contributed by atoms with van der Waals surface area (Å²) >= 11 is 0. The average molecular weight is 289 g/mol. The van der Waals surface area contributed by atoms with E-state index >= 15 is 0 Å². The molecule has 0 unspecified atom stereocenters. The first-order valence-corrected chi connectivity index (χ1v) is 6.86. The van der Waals surface area contributed by atoms with Crippen LogP contribution in [0.1, 0.15) is 37.6 Å². The second-order valence-electron chi connectivity index (χ2n) is 6.12. The van der Waals surface area contributed by atoms with Gasteiger partial charge >= 0.3 is 0 Å². The van der Waals surface area contributed by atoms with Crippen LogP contribution in [-0.4, -0.2) is 10.1 Å². The van der Waals surface area contributed by atoms with E-state index in [0.29, 0.717) is 11.6 Å². The molecule has 2 rings (SSSR count). The Kier molecular flexibility index (Phi) is 4.28. The third kappa shape index (κ3) is 3.79. The number of aliphatic hydroxyl groups excluding tert-OH is 1. The zero-order valence-corrected chi connectivity index (χ0v) is 12.8. The van der Waals surface area contributed by atoms with Gasteiger partial charge in [0.05, 0.1) is 12.3 Å². The predicted molar refractivity (Wildman–Crippen MR) is 80.1 cm³/mol. The Hall–Kier alpha value is -1.94. The molecule has 0 amide bonds. The van der Waals surface area contributed by atoms with Gasteiger partial charge < -0.3 is 9.84 Å². The summed E-state index contributed by atoms with van der Waals surface area (Å²) in [6, 6.07) is 7.90. The van der Waals surface area contributed by atoms with E-state index in [2.05, 4.69) is 4.98 Å². The van der Waals surface area contributed by atoms with Crippen molar-refractivity contribution in [1.29, 1.82) is 0 Å². The first-order chi connectivity index (χ1) is 9.79. The van der Waals surface area contributed by atoms with Crippen molar-refractivity contribution in [2.75, 3.05) is 0 Å². The summed E-state index contributed by atoms with van der Waals surface area (Å²) in [4.78, 5) is 4.46. The van der Waals surface area contributed by atoms with E-state index in [1.54, 1.807) is 12.1 Å². The molecule has 0 aliphatic carbocycles. The van der Waals surface area contributed by atoms with Crippen molar-refractivity contribution in [1.82, 2.24) is 4.98 Å². The topological polar surface area (TPSA) is 42.4 Å². The van der Waals surface area contributed by atoms with Crippen molar-refractivity contribution >= 4 is 0 Å². The molecular weight excluding hydrogens is 269 g/mol. The summed E-state index contributed by atoms with van der Waals surface area (Å²) in [5.74, 6) is 0.433. The molecular formula is C17H20FNO2. The minimum atomic E-state index is -0.357. The molecule has 21 heavy (non-hydrogen) atoms. The van der Waals surface area contributed by atoms with Gasteiger partial charge in [-0.15, -0.1) is 0 Å². The van der Waals surface area contributed by atoms with Crippen LogP contribution in [0.15, 0.2) is 30.3 Å². The fourth-order valence-corrected chi connectivity index (χ4v) is 1.88. The van der Waals surface area contributed by atoms with Crippen LogP contribution in [0.2, 0.25) is 0 Å². The highest BCUT2D eigenvalue weighted by Gasteiger charge is 2.18. The Morgan fingerprint density at radius 1 is 1.19 bits per heavy atom. The molecule has 0 aliphatic heterocycles. The van der Waals surface area contributed by atoms with E-state index in [-0.39, 0.29) is 17.8 Å². The van der Waals surface area contributed by atoms with E-state index in [0.717, 1.165) is 16.8 Å². The number of rotatable bonds is 3. The Bertz CT molecular complexity index is 648. The van der Waals surface area contributed by atoms with Crippen LogP contribution in [0.3, 0.4) is 0 Å². The van der Waals surface area contributed by atoms with Crippen LogP contribution in [0.4, 0.5) is 4.39 Å². The Morgan fingerprint density at radius 2 is 1.90 bits per heavy atom. The van der Waals surface area contributed by atoms with Crippen molar-refractivity contribution in [3.8, 4) is 11.6 Å². The Labute approximate surface area is 124 Å². The van der Waals surface area contributed by atoms with Gasteiger partial charge in [-0.05, 0) is 30.2 Å². The van der Waals surface area contributed by atoms with Gasteiger partial charge in [0.15, 0.2) is 0 Å². The summed E-state index contributed by atoms with van der Waals surface area (Å²) in [6.45, 7) is 7.86. The monoisotopic (exact) mass is 289 g/mol. The predicted octanol–water partition coefficient (Wildman–Crippen LogP) is 4.11. The third-order valence-electron chi connectivity index (χ3n) is 3.18. The second kappa shape index (κ2) is 5.82. The molecule has 1 heterocycles. The molecule has 2 aromatic rings. The van der Waals surface area contributed by atoms with E-state index in [1.807, 2.05) is 33.8 Å². The highest BCUT2D eigenvalue weighted by molar-refractivity contribution is 5.37. The van der Waals surface area contributed by atoms with Gasteiger partial charge in [0.25, 0.3) is 0 Å². The van der Waals surface area contributed by atoms with E-state index in [9.17, 15) is 9.50 Å². The van der Waals surface area contributed by atoms with E-state index in [4.69, 9.17) is 4.74 Å². The molecule has 0 saturated heterocycles. The second-order valence-corrected chi connectivity index (χ2v) is 6.12. The number of aryl methyl sites for hydroxylation is 1. The summed E-state index contributed by atoms with van der Waals surface area (Å²) in [5.41, 5.74) is 2.20. The van der Waals surface area contributed by atoms with E-state index < -0.39 is 0 Å². The molecule has 4 heteroatoms. The molecule has 0 fully saturated rings. The number of hydrogen-bond donors (Lipinski definition) is 1. The molecule has 0 spiro atoms. The number of aliphatic hydroxyl groups is 1. The minimum absolute atomic E-state index is 0.0932.